The molecule has 0 saturated carbocycles. The first kappa shape index (κ1) is 10.7. The zero-order chi connectivity index (χ0) is 10.9. The minimum atomic E-state index is -1.24. The largest absolute Gasteiger partial charge is 0.463 e. The zero-order valence-corrected chi connectivity index (χ0v) is 10.1. The van der Waals surface area contributed by atoms with Crippen LogP contribution in [0.25, 0.3) is 0 Å². The number of para-hydroxylation sites is 2. The Balaban J connectivity index is 1.91. The van der Waals surface area contributed by atoms with Gasteiger partial charge in [-0.2, -0.15) is 0 Å². The van der Waals surface area contributed by atoms with Crippen LogP contribution in [-0.4, -0.2) is 6.61 Å². The summed E-state index contributed by atoms with van der Waals surface area (Å²) < 4.78 is 16.6. The first-order valence-electron chi connectivity index (χ1n) is 4.93. The molecule has 0 unspecified atom stereocenters. The first-order valence-corrected chi connectivity index (χ1v) is 6.02. The third-order valence-corrected chi connectivity index (χ3v) is 2.83. The molecule has 0 saturated heterocycles. The summed E-state index contributed by atoms with van der Waals surface area (Å²) >= 11 is 0. The van der Waals surface area contributed by atoms with E-state index in [0.29, 0.717) is 6.61 Å². The van der Waals surface area contributed by atoms with E-state index in [1.165, 1.54) is 0 Å². The van der Waals surface area contributed by atoms with Crippen molar-refractivity contribution in [1.82, 2.24) is 0 Å². The average molecular weight is 226 g/mol. The Morgan fingerprint density at radius 3 is 2.13 bits per heavy atom. The molecule has 15 heavy (non-hydrogen) atoms. The van der Waals surface area contributed by atoms with Crippen molar-refractivity contribution >= 4 is 8.60 Å². The number of hydrogen-bond acceptors (Lipinski definition) is 3. The van der Waals surface area contributed by atoms with E-state index in [9.17, 15) is 0 Å². The van der Waals surface area contributed by atoms with E-state index >= 15 is 0 Å². The molecule has 0 aliphatic carbocycles. The quantitative estimate of drug-likeness (QED) is 0.719. The first-order chi connectivity index (χ1) is 7.04. The number of fused-ring (bicyclic) bond motifs is 1. The molecule has 2 rings (SSSR count). The van der Waals surface area contributed by atoms with Gasteiger partial charge in [-0.15, -0.1) is 0 Å². The summed E-state index contributed by atoms with van der Waals surface area (Å²) in [6.07, 6.45) is 0. The second kappa shape index (κ2) is 3.99. The maximum absolute atomic E-state index is 5.57. The summed E-state index contributed by atoms with van der Waals surface area (Å²) in [5.41, 5.74) is 0.129. The molecule has 0 spiro atoms. The molecular formula is C11H15O3P. The molecule has 4 heteroatoms. The van der Waals surface area contributed by atoms with Crippen LogP contribution in [0, 0.1) is 5.41 Å². The van der Waals surface area contributed by atoms with E-state index in [0.717, 1.165) is 11.5 Å². The highest BCUT2D eigenvalue weighted by Gasteiger charge is 2.28. The van der Waals surface area contributed by atoms with Crippen LogP contribution in [0.15, 0.2) is 24.3 Å². The molecule has 1 aromatic rings. The van der Waals surface area contributed by atoms with Crippen LogP contribution in [0.3, 0.4) is 0 Å². The van der Waals surface area contributed by atoms with Crippen molar-refractivity contribution in [3.8, 4) is 11.5 Å². The second-order valence-corrected chi connectivity index (χ2v) is 5.76. The fourth-order valence-electron chi connectivity index (χ4n) is 1.08. The highest BCUT2D eigenvalue weighted by molar-refractivity contribution is 7.43. The Bertz CT molecular complexity index is 321. The van der Waals surface area contributed by atoms with E-state index in [4.69, 9.17) is 13.6 Å². The molecule has 0 radical (unpaired) electrons. The normalized spacial score (nSPS) is 15.7. The monoisotopic (exact) mass is 226 g/mol. The maximum atomic E-state index is 5.57. The Morgan fingerprint density at radius 2 is 1.67 bits per heavy atom. The summed E-state index contributed by atoms with van der Waals surface area (Å²) in [6, 6.07) is 7.62. The fraction of sp³-hybridized carbons (Fsp3) is 0.455. The summed E-state index contributed by atoms with van der Waals surface area (Å²) in [5.74, 6) is 1.55. The van der Waals surface area contributed by atoms with Gasteiger partial charge < -0.3 is 9.05 Å². The smallest absolute Gasteiger partial charge is 0.414 e. The van der Waals surface area contributed by atoms with Gasteiger partial charge in [0.05, 0.1) is 6.61 Å². The summed E-state index contributed by atoms with van der Waals surface area (Å²) in [4.78, 5) is 0. The lowest BCUT2D eigenvalue weighted by Gasteiger charge is -2.18. The van der Waals surface area contributed by atoms with Crippen molar-refractivity contribution in [3.63, 3.8) is 0 Å². The van der Waals surface area contributed by atoms with Crippen LogP contribution < -0.4 is 9.05 Å². The van der Waals surface area contributed by atoms with Crippen molar-refractivity contribution in [3.05, 3.63) is 24.3 Å². The van der Waals surface area contributed by atoms with Gasteiger partial charge in [0.25, 0.3) is 0 Å². The topological polar surface area (TPSA) is 27.7 Å². The highest BCUT2D eigenvalue weighted by atomic mass is 31.2. The third kappa shape index (κ3) is 2.83. The van der Waals surface area contributed by atoms with Gasteiger partial charge in [-0.25, -0.2) is 0 Å². The van der Waals surface area contributed by atoms with E-state index in [1.54, 1.807) is 0 Å². The van der Waals surface area contributed by atoms with Gasteiger partial charge in [-0.1, -0.05) is 32.9 Å². The lowest BCUT2D eigenvalue weighted by atomic mass is 9.99. The lowest BCUT2D eigenvalue weighted by Crippen LogP contribution is -2.13. The predicted octanol–water partition coefficient (Wildman–Crippen LogP) is 3.75. The molecule has 82 valence electrons. The maximum Gasteiger partial charge on any atom is 0.463 e. The second-order valence-electron chi connectivity index (χ2n) is 4.69. The van der Waals surface area contributed by atoms with E-state index in [2.05, 4.69) is 20.8 Å². The number of benzene rings is 1. The Morgan fingerprint density at radius 1 is 1.13 bits per heavy atom. The summed E-state index contributed by atoms with van der Waals surface area (Å²) in [7, 11) is -1.24. The molecule has 1 aromatic carbocycles. The van der Waals surface area contributed by atoms with Crippen LogP contribution in [0.5, 0.6) is 11.5 Å². The molecular weight excluding hydrogens is 211 g/mol. The standard InChI is InChI=1S/C11H15O3P/c1-11(2,3)8-12-15-13-9-6-4-5-7-10(9)14-15/h4-7H,8H2,1-3H3. The molecule has 1 aliphatic heterocycles. The van der Waals surface area contributed by atoms with Crippen molar-refractivity contribution < 1.29 is 13.6 Å². The Hall–Kier alpha value is -0.790. The molecule has 0 N–H and O–H groups in total. The molecule has 1 aliphatic rings. The van der Waals surface area contributed by atoms with Crippen LogP contribution in [0.4, 0.5) is 0 Å². The molecule has 3 nitrogen and oxygen atoms in total. The lowest BCUT2D eigenvalue weighted by molar-refractivity contribution is 0.185. The SMILES string of the molecule is CC(C)(C)COP1Oc2ccccc2O1. The Kier molecular flexibility index (Phi) is 2.85. The van der Waals surface area contributed by atoms with Crippen molar-refractivity contribution in [1.29, 1.82) is 0 Å². The molecule has 0 bridgehead atoms. The van der Waals surface area contributed by atoms with Crippen molar-refractivity contribution in [2.45, 2.75) is 20.8 Å². The van der Waals surface area contributed by atoms with Gasteiger partial charge in [0.1, 0.15) is 0 Å². The number of hydrogen-bond donors (Lipinski definition) is 0. The van der Waals surface area contributed by atoms with Gasteiger partial charge in [-0.3, -0.25) is 4.52 Å². The van der Waals surface area contributed by atoms with Crippen molar-refractivity contribution in [2.75, 3.05) is 6.61 Å². The molecule has 0 amide bonds. The highest BCUT2D eigenvalue weighted by Crippen LogP contribution is 2.52. The average Bonchev–Trinajstić information content (AvgIpc) is 2.56. The van der Waals surface area contributed by atoms with Crippen LogP contribution in [-0.2, 0) is 4.52 Å². The third-order valence-electron chi connectivity index (χ3n) is 1.80. The minimum absolute atomic E-state index is 0.129. The van der Waals surface area contributed by atoms with Crippen LogP contribution in [0.2, 0.25) is 0 Å². The van der Waals surface area contributed by atoms with Crippen LogP contribution in [0.1, 0.15) is 20.8 Å². The van der Waals surface area contributed by atoms with E-state index in [-0.39, 0.29) is 5.41 Å². The van der Waals surface area contributed by atoms with Crippen LogP contribution >= 0.6 is 8.60 Å². The molecule has 0 atom stereocenters. The number of rotatable bonds is 2. The molecule has 0 fully saturated rings. The van der Waals surface area contributed by atoms with Gasteiger partial charge in [0, 0.05) is 0 Å². The van der Waals surface area contributed by atoms with Gasteiger partial charge in [-0.05, 0) is 17.5 Å². The predicted molar refractivity (Wildman–Crippen MR) is 60.0 cm³/mol. The van der Waals surface area contributed by atoms with Gasteiger partial charge in [0.2, 0.25) is 0 Å². The zero-order valence-electron chi connectivity index (χ0n) is 9.19. The summed E-state index contributed by atoms with van der Waals surface area (Å²) in [5, 5.41) is 0. The van der Waals surface area contributed by atoms with Gasteiger partial charge in [0.15, 0.2) is 11.5 Å². The van der Waals surface area contributed by atoms with Crippen molar-refractivity contribution in [2.24, 2.45) is 5.41 Å². The fourth-order valence-corrected chi connectivity index (χ4v) is 2.34. The van der Waals surface area contributed by atoms with E-state index < -0.39 is 8.60 Å². The molecule has 0 aromatic heterocycles. The minimum Gasteiger partial charge on any atom is -0.414 e. The molecule has 1 heterocycles. The summed E-state index contributed by atoms with van der Waals surface area (Å²) in [6.45, 7) is 6.98. The van der Waals surface area contributed by atoms with E-state index in [1.807, 2.05) is 24.3 Å². The Labute approximate surface area is 91.4 Å². The van der Waals surface area contributed by atoms with Gasteiger partial charge >= 0.3 is 8.60 Å².